The fourth-order valence-electron chi connectivity index (χ4n) is 1.54. The lowest BCUT2D eigenvalue weighted by atomic mass is 10.1. The normalized spacial score (nSPS) is 10.1. The van der Waals surface area contributed by atoms with Gasteiger partial charge in [-0.05, 0) is 24.6 Å². The highest BCUT2D eigenvalue weighted by atomic mass is 35.5. The molecular formula is C13H16ClNO4. The van der Waals surface area contributed by atoms with Gasteiger partial charge in [-0.25, -0.2) is 9.69 Å². The van der Waals surface area contributed by atoms with Crippen LogP contribution in [0.15, 0.2) is 18.2 Å². The smallest absolute Gasteiger partial charge is 0.414 e. The summed E-state index contributed by atoms with van der Waals surface area (Å²) in [7, 11) is 1.46. The van der Waals surface area contributed by atoms with Crippen LogP contribution in [0.1, 0.15) is 30.1 Å². The molecule has 1 rings (SSSR count). The highest BCUT2D eigenvalue weighted by Gasteiger charge is 2.23. The number of hydrogen-bond donors (Lipinski definition) is 1. The van der Waals surface area contributed by atoms with Crippen molar-refractivity contribution < 1.29 is 19.4 Å². The van der Waals surface area contributed by atoms with Gasteiger partial charge in [0.25, 0.3) is 5.91 Å². The van der Waals surface area contributed by atoms with Gasteiger partial charge in [-0.15, -0.1) is 0 Å². The van der Waals surface area contributed by atoms with Crippen molar-refractivity contribution in [1.29, 1.82) is 0 Å². The summed E-state index contributed by atoms with van der Waals surface area (Å²) >= 11 is 5.93. The largest absolute Gasteiger partial charge is 0.497 e. The van der Waals surface area contributed by atoms with Crippen molar-refractivity contribution in [2.45, 2.75) is 19.8 Å². The number of hydrogen-bond acceptors (Lipinski definition) is 3. The van der Waals surface area contributed by atoms with E-state index in [1.165, 1.54) is 19.2 Å². The number of benzene rings is 1. The Morgan fingerprint density at radius 2 is 2.11 bits per heavy atom. The summed E-state index contributed by atoms with van der Waals surface area (Å²) in [6.45, 7) is 2.07. The number of rotatable bonds is 5. The van der Waals surface area contributed by atoms with Crippen molar-refractivity contribution in [3.05, 3.63) is 28.8 Å². The second kappa shape index (κ2) is 6.99. The summed E-state index contributed by atoms with van der Waals surface area (Å²) < 4.78 is 5.00. The molecule has 0 unspecified atom stereocenters. The molecule has 0 saturated heterocycles. The lowest BCUT2D eigenvalue weighted by Crippen LogP contribution is -2.36. The molecule has 0 saturated carbocycles. The molecule has 0 aliphatic heterocycles. The molecule has 6 heteroatoms. The number of halogens is 1. The van der Waals surface area contributed by atoms with Crippen molar-refractivity contribution in [3.8, 4) is 5.75 Å². The van der Waals surface area contributed by atoms with Gasteiger partial charge in [0.1, 0.15) is 5.75 Å². The van der Waals surface area contributed by atoms with Crippen LogP contribution in [0.2, 0.25) is 5.02 Å². The van der Waals surface area contributed by atoms with Crippen LogP contribution in [0.5, 0.6) is 5.75 Å². The predicted octanol–water partition coefficient (Wildman–Crippen LogP) is 3.27. The second-order valence-electron chi connectivity index (χ2n) is 3.94. The van der Waals surface area contributed by atoms with Gasteiger partial charge < -0.3 is 9.84 Å². The Balaban J connectivity index is 3.05. The minimum atomic E-state index is -1.28. The van der Waals surface area contributed by atoms with Crippen molar-refractivity contribution in [3.63, 3.8) is 0 Å². The van der Waals surface area contributed by atoms with E-state index < -0.39 is 12.0 Å². The van der Waals surface area contributed by atoms with Gasteiger partial charge in [0.05, 0.1) is 17.7 Å². The van der Waals surface area contributed by atoms with Gasteiger partial charge in [0.15, 0.2) is 0 Å². The van der Waals surface area contributed by atoms with E-state index in [0.29, 0.717) is 12.2 Å². The maximum atomic E-state index is 12.2. The molecule has 1 aromatic rings. The van der Waals surface area contributed by atoms with Crippen LogP contribution in [0, 0.1) is 0 Å². The van der Waals surface area contributed by atoms with E-state index >= 15 is 0 Å². The molecule has 0 atom stereocenters. The van der Waals surface area contributed by atoms with Crippen molar-refractivity contribution in [2.75, 3.05) is 13.7 Å². The highest BCUT2D eigenvalue weighted by Crippen LogP contribution is 2.23. The summed E-state index contributed by atoms with van der Waals surface area (Å²) in [6, 6.07) is 4.55. The Morgan fingerprint density at radius 3 is 2.63 bits per heavy atom. The van der Waals surface area contributed by atoms with Gasteiger partial charge in [-0.2, -0.15) is 0 Å². The third kappa shape index (κ3) is 3.86. The number of unbranched alkanes of at least 4 members (excludes halogenated alkanes) is 1. The zero-order chi connectivity index (χ0) is 14.4. The van der Waals surface area contributed by atoms with E-state index in [1.807, 2.05) is 6.92 Å². The van der Waals surface area contributed by atoms with E-state index in [0.717, 1.165) is 11.3 Å². The fraction of sp³-hybridized carbons (Fsp3) is 0.385. The van der Waals surface area contributed by atoms with Gasteiger partial charge in [0.2, 0.25) is 0 Å². The molecule has 2 amide bonds. The molecule has 0 aliphatic carbocycles. The first-order valence-electron chi connectivity index (χ1n) is 5.89. The van der Waals surface area contributed by atoms with Crippen LogP contribution in [0.25, 0.3) is 0 Å². The summed E-state index contributed by atoms with van der Waals surface area (Å²) in [5, 5.41) is 9.28. The van der Waals surface area contributed by atoms with Crippen molar-refractivity contribution in [2.24, 2.45) is 0 Å². The average molecular weight is 286 g/mol. The standard InChI is InChI=1S/C13H16ClNO4/c1-3-4-7-15(13(17)18)12(16)10-8-9(19-2)5-6-11(10)14/h5-6,8H,3-4,7H2,1-2H3,(H,17,18). The van der Waals surface area contributed by atoms with Crippen LogP contribution in [0.4, 0.5) is 4.79 Å². The molecule has 0 fully saturated rings. The summed E-state index contributed by atoms with van der Waals surface area (Å²) in [5.41, 5.74) is 0.125. The third-order valence-corrected chi connectivity index (χ3v) is 2.94. The lowest BCUT2D eigenvalue weighted by molar-refractivity contribution is 0.0739. The number of carbonyl (C=O) groups excluding carboxylic acids is 1. The summed E-state index contributed by atoms with van der Waals surface area (Å²) in [6.07, 6.45) is 0.125. The van der Waals surface area contributed by atoms with E-state index in [-0.39, 0.29) is 17.1 Å². The number of imide groups is 1. The Bertz CT molecular complexity index is 476. The van der Waals surface area contributed by atoms with E-state index in [9.17, 15) is 9.59 Å². The fourth-order valence-corrected chi connectivity index (χ4v) is 1.74. The molecule has 19 heavy (non-hydrogen) atoms. The Morgan fingerprint density at radius 1 is 1.42 bits per heavy atom. The number of nitrogens with zero attached hydrogens (tertiary/aromatic N) is 1. The number of methoxy groups -OCH3 is 1. The molecule has 0 radical (unpaired) electrons. The van der Waals surface area contributed by atoms with Gasteiger partial charge in [0, 0.05) is 6.54 Å². The van der Waals surface area contributed by atoms with Gasteiger partial charge >= 0.3 is 6.09 Å². The quantitative estimate of drug-likeness (QED) is 0.901. The molecular weight excluding hydrogens is 270 g/mol. The number of carboxylic acid groups (broad SMARTS) is 1. The SMILES string of the molecule is CCCCN(C(=O)O)C(=O)c1cc(OC)ccc1Cl. The zero-order valence-corrected chi connectivity index (χ0v) is 11.6. The number of carbonyl (C=O) groups is 2. The molecule has 104 valence electrons. The van der Waals surface area contributed by atoms with E-state index in [4.69, 9.17) is 21.4 Å². The Hall–Kier alpha value is -1.75. The predicted molar refractivity (Wildman–Crippen MR) is 72.0 cm³/mol. The second-order valence-corrected chi connectivity index (χ2v) is 4.35. The molecule has 0 aromatic heterocycles. The van der Waals surface area contributed by atoms with Crippen LogP contribution < -0.4 is 4.74 Å². The minimum absolute atomic E-state index is 0.125. The first-order valence-corrected chi connectivity index (χ1v) is 6.27. The minimum Gasteiger partial charge on any atom is -0.497 e. The third-order valence-electron chi connectivity index (χ3n) is 2.62. The summed E-state index contributed by atoms with van der Waals surface area (Å²) in [4.78, 5) is 24.1. The number of ether oxygens (including phenoxy) is 1. The molecule has 5 nitrogen and oxygen atoms in total. The maximum Gasteiger partial charge on any atom is 0.414 e. The molecule has 1 N–H and O–H groups in total. The van der Waals surface area contributed by atoms with E-state index in [2.05, 4.69) is 0 Å². The first-order chi connectivity index (χ1) is 9.01. The number of amides is 2. The van der Waals surface area contributed by atoms with Gasteiger partial charge in [-0.1, -0.05) is 24.9 Å². The zero-order valence-electron chi connectivity index (χ0n) is 10.9. The molecule has 0 bridgehead atoms. The lowest BCUT2D eigenvalue weighted by Gasteiger charge is -2.18. The van der Waals surface area contributed by atoms with Gasteiger partial charge in [-0.3, -0.25) is 4.79 Å². The van der Waals surface area contributed by atoms with Crippen molar-refractivity contribution in [1.82, 2.24) is 4.90 Å². The maximum absolute atomic E-state index is 12.2. The van der Waals surface area contributed by atoms with Crippen molar-refractivity contribution >= 4 is 23.6 Å². The molecule has 1 aromatic carbocycles. The van der Waals surface area contributed by atoms with Crippen LogP contribution in [0.3, 0.4) is 0 Å². The highest BCUT2D eigenvalue weighted by molar-refractivity contribution is 6.34. The van der Waals surface area contributed by atoms with Crippen LogP contribution in [-0.2, 0) is 0 Å². The summed E-state index contributed by atoms with van der Waals surface area (Å²) in [5.74, 6) is -0.182. The average Bonchev–Trinajstić information content (AvgIpc) is 2.39. The molecule has 0 aliphatic rings. The molecule has 0 spiro atoms. The first kappa shape index (κ1) is 15.3. The Kier molecular flexibility index (Phi) is 5.63. The molecule has 0 heterocycles. The topological polar surface area (TPSA) is 66.8 Å². The van der Waals surface area contributed by atoms with Crippen LogP contribution in [-0.4, -0.2) is 35.7 Å². The monoisotopic (exact) mass is 285 g/mol. The Labute approximate surface area is 116 Å². The van der Waals surface area contributed by atoms with E-state index in [1.54, 1.807) is 6.07 Å². The van der Waals surface area contributed by atoms with Crippen LogP contribution >= 0.6 is 11.6 Å².